The second kappa shape index (κ2) is 4.58. The van der Waals surface area contributed by atoms with E-state index in [9.17, 15) is 0 Å². The maximum atomic E-state index is 5.50. The third-order valence-electron chi connectivity index (χ3n) is 0.736. The van der Waals surface area contributed by atoms with E-state index in [1.165, 1.54) is 0 Å². The van der Waals surface area contributed by atoms with Gasteiger partial charge in [0.05, 0.1) is 7.59 Å². The Morgan fingerprint density at radius 1 is 1.33 bits per heavy atom. The van der Waals surface area contributed by atoms with Crippen LogP contribution in [0.25, 0.3) is 0 Å². The van der Waals surface area contributed by atoms with Gasteiger partial charge in [-0.1, -0.05) is 19.6 Å². The molecule has 0 spiro atoms. The highest BCUT2D eigenvalue weighted by atomic mass is 29.2. The largest absolute Gasteiger partial charge is 0.449 e. The maximum Gasteiger partial charge on any atom is 0.282 e. The molecular formula is C3H16O2Si4. The van der Waals surface area contributed by atoms with Crippen molar-refractivity contribution in [3.8, 4) is 0 Å². The van der Waals surface area contributed by atoms with Gasteiger partial charge in [0.1, 0.15) is 19.8 Å². The van der Waals surface area contributed by atoms with E-state index in [4.69, 9.17) is 8.23 Å². The van der Waals surface area contributed by atoms with Crippen molar-refractivity contribution in [3.63, 3.8) is 0 Å². The van der Waals surface area contributed by atoms with Crippen LogP contribution in [0.2, 0.25) is 19.6 Å². The lowest BCUT2D eigenvalue weighted by Gasteiger charge is -2.14. The average Bonchev–Trinajstić information content (AvgIpc) is 1.63. The van der Waals surface area contributed by atoms with E-state index in [1.54, 1.807) is 0 Å². The minimum absolute atomic E-state index is 0.164. The standard InChI is InChI=1S/C3H16O2Si4/c1-9(2,3)8-5-7-4-6/h7-8H2,1-3,6H3. The van der Waals surface area contributed by atoms with Gasteiger partial charge in [-0.3, -0.25) is 0 Å². The van der Waals surface area contributed by atoms with E-state index in [0.29, 0.717) is 0 Å². The first-order valence-electron chi connectivity index (χ1n) is 3.13. The van der Waals surface area contributed by atoms with Crippen LogP contribution in [0.15, 0.2) is 0 Å². The molecule has 0 saturated heterocycles. The lowest BCUT2D eigenvalue weighted by molar-refractivity contribution is 0.509. The molecule has 0 amide bonds. The molecule has 0 atom stereocenters. The monoisotopic (exact) mass is 196 g/mol. The zero-order valence-corrected chi connectivity index (χ0v) is 12.6. The van der Waals surface area contributed by atoms with Crippen LogP contribution in [-0.4, -0.2) is 37.4 Å². The lowest BCUT2D eigenvalue weighted by atomic mass is 11.8. The van der Waals surface area contributed by atoms with E-state index in [1.807, 2.05) is 0 Å². The minimum atomic E-state index is -0.808. The van der Waals surface area contributed by atoms with Crippen molar-refractivity contribution in [1.29, 1.82) is 0 Å². The summed E-state index contributed by atoms with van der Waals surface area (Å²) < 4.78 is 10.5. The maximum absolute atomic E-state index is 5.50. The summed E-state index contributed by atoms with van der Waals surface area (Å²) >= 11 is 0. The van der Waals surface area contributed by atoms with Crippen LogP contribution in [0.4, 0.5) is 0 Å². The third-order valence-corrected chi connectivity index (χ3v) is 8.46. The molecule has 0 aliphatic rings. The molecule has 0 saturated carbocycles. The molecule has 0 aliphatic heterocycles. The first-order chi connectivity index (χ1) is 4.06. The molecule has 0 aromatic heterocycles. The van der Waals surface area contributed by atoms with E-state index in [2.05, 4.69) is 19.6 Å². The fourth-order valence-corrected chi connectivity index (χ4v) is 11.6. The van der Waals surface area contributed by atoms with Gasteiger partial charge in [-0.05, 0) is 0 Å². The molecule has 0 heterocycles. The molecule has 0 fully saturated rings. The molecule has 0 aliphatic carbocycles. The van der Waals surface area contributed by atoms with E-state index in [0.717, 1.165) is 10.5 Å². The van der Waals surface area contributed by atoms with Gasteiger partial charge < -0.3 is 8.23 Å². The minimum Gasteiger partial charge on any atom is -0.449 e. The Bertz CT molecular complexity index is 70.7. The lowest BCUT2D eigenvalue weighted by Crippen LogP contribution is -2.33. The molecular weight excluding hydrogens is 180 g/mol. The van der Waals surface area contributed by atoms with Crippen molar-refractivity contribution >= 4 is 37.4 Å². The molecule has 6 heteroatoms. The zero-order valence-electron chi connectivity index (χ0n) is 6.73. The smallest absolute Gasteiger partial charge is 0.282 e. The van der Waals surface area contributed by atoms with Crippen LogP contribution in [-0.2, 0) is 8.23 Å². The second-order valence-electron chi connectivity index (χ2n) is 3.32. The number of hydrogen-bond acceptors (Lipinski definition) is 2. The molecule has 0 aromatic rings. The summed E-state index contributed by atoms with van der Waals surface area (Å²) in [6.07, 6.45) is 0. The van der Waals surface area contributed by atoms with Crippen LogP contribution < -0.4 is 0 Å². The summed E-state index contributed by atoms with van der Waals surface area (Å²) in [6.45, 7) is 7.09. The SMILES string of the molecule is C[Si](C)(C)[SiH2]O[SiH2]O[SiH3]. The van der Waals surface area contributed by atoms with Gasteiger partial charge >= 0.3 is 0 Å². The van der Waals surface area contributed by atoms with E-state index >= 15 is 0 Å². The number of rotatable bonds is 4. The topological polar surface area (TPSA) is 18.5 Å². The van der Waals surface area contributed by atoms with Gasteiger partial charge in [0, 0.05) is 0 Å². The van der Waals surface area contributed by atoms with Crippen LogP contribution >= 0.6 is 0 Å². The van der Waals surface area contributed by atoms with Crippen LogP contribution in [0, 0.1) is 0 Å². The van der Waals surface area contributed by atoms with Crippen molar-refractivity contribution in [3.05, 3.63) is 0 Å². The van der Waals surface area contributed by atoms with Crippen LogP contribution in [0.5, 0.6) is 0 Å². The summed E-state index contributed by atoms with van der Waals surface area (Å²) in [5, 5.41) is 0. The molecule has 2 nitrogen and oxygen atoms in total. The Balaban J connectivity index is 3.07. The summed E-state index contributed by atoms with van der Waals surface area (Å²) in [7, 11) is -0.607. The fraction of sp³-hybridized carbons (Fsp3) is 1.00. The Labute approximate surface area is 65.7 Å². The van der Waals surface area contributed by atoms with Crippen molar-refractivity contribution in [2.24, 2.45) is 0 Å². The summed E-state index contributed by atoms with van der Waals surface area (Å²) in [6, 6.07) is 0. The second-order valence-corrected chi connectivity index (χ2v) is 20.1. The van der Waals surface area contributed by atoms with Gasteiger partial charge in [0.25, 0.3) is 10.0 Å². The van der Waals surface area contributed by atoms with Gasteiger partial charge in [-0.2, -0.15) is 0 Å². The summed E-state index contributed by atoms with van der Waals surface area (Å²) in [4.78, 5) is 0. The van der Waals surface area contributed by atoms with Gasteiger partial charge in [-0.25, -0.2) is 0 Å². The fourth-order valence-electron chi connectivity index (χ4n) is 0.431. The molecule has 0 rings (SSSR count). The molecule has 0 N–H and O–H groups in total. The van der Waals surface area contributed by atoms with Crippen molar-refractivity contribution < 1.29 is 8.23 Å². The highest BCUT2D eigenvalue weighted by Crippen LogP contribution is 1.96. The van der Waals surface area contributed by atoms with Gasteiger partial charge in [-0.15, -0.1) is 0 Å². The zero-order chi connectivity index (χ0) is 7.33. The van der Waals surface area contributed by atoms with Crippen molar-refractivity contribution in [2.45, 2.75) is 19.6 Å². The molecule has 0 unspecified atom stereocenters. The summed E-state index contributed by atoms with van der Waals surface area (Å²) in [5.74, 6) is 0. The highest BCUT2D eigenvalue weighted by Gasteiger charge is 2.13. The van der Waals surface area contributed by atoms with E-state index < -0.39 is 17.6 Å². The van der Waals surface area contributed by atoms with Crippen LogP contribution in [0.1, 0.15) is 0 Å². The highest BCUT2D eigenvalue weighted by molar-refractivity contribution is 7.21. The normalized spacial score (nSPS) is 15.0. The number of hydrogen-bond donors (Lipinski definition) is 0. The Kier molecular flexibility index (Phi) is 4.98. The van der Waals surface area contributed by atoms with E-state index in [-0.39, 0.29) is 9.28 Å². The predicted molar refractivity (Wildman–Crippen MR) is 52.5 cm³/mol. The molecule has 9 heavy (non-hydrogen) atoms. The van der Waals surface area contributed by atoms with Gasteiger partial charge in [0.2, 0.25) is 0 Å². The van der Waals surface area contributed by atoms with Crippen molar-refractivity contribution in [2.75, 3.05) is 0 Å². The molecule has 56 valence electrons. The summed E-state index contributed by atoms with van der Waals surface area (Å²) in [5.41, 5.74) is 0. The molecule has 0 aromatic carbocycles. The Hall–Kier alpha value is 0.788. The van der Waals surface area contributed by atoms with Gasteiger partial charge in [0.15, 0.2) is 0 Å². The first-order valence-corrected chi connectivity index (χ1v) is 11.5. The quantitative estimate of drug-likeness (QED) is 0.391. The molecule has 0 bridgehead atoms. The first kappa shape index (κ1) is 9.79. The Morgan fingerprint density at radius 2 is 1.89 bits per heavy atom. The Morgan fingerprint density at radius 3 is 2.22 bits per heavy atom. The van der Waals surface area contributed by atoms with Crippen LogP contribution in [0.3, 0.4) is 0 Å². The predicted octanol–water partition coefficient (Wildman–Crippen LogP) is -1.78. The third kappa shape index (κ3) is 8.79. The van der Waals surface area contributed by atoms with Crippen molar-refractivity contribution in [1.82, 2.24) is 0 Å². The average molecular weight is 197 g/mol. The molecule has 0 radical (unpaired) electrons.